The minimum atomic E-state index is -0.137. The van der Waals surface area contributed by atoms with E-state index in [2.05, 4.69) is 10.2 Å². The van der Waals surface area contributed by atoms with E-state index < -0.39 is 0 Å². The maximum absolute atomic E-state index is 12.0. The first-order chi connectivity index (χ1) is 9.13. The number of aryl methyl sites for hydroxylation is 1. The lowest BCUT2D eigenvalue weighted by atomic mass is 10.1. The number of ether oxygens (including phenoxy) is 1. The molecule has 0 fully saturated rings. The average molecular weight is 277 g/mol. The van der Waals surface area contributed by atoms with Crippen molar-refractivity contribution in [1.29, 1.82) is 0 Å². The molecule has 1 amide bonds. The minimum absolute atomic E-state index is 0.0151. The number of hydrogen-bond acceptors (Lipinski definition) is 5. The zero-order valence-corrected chi connectivity index (χ0v) is 11.0. The molecule has 0 unspecified atom stereocenters. The maximum atomic E-state index is 12.0. The van der Waals surface area contributed by atoms with E-state index in [0.29, 0.717) is 11.6 Å². The molecular formula is C12H11N3O3S. The van der Waals surface area contributed by atoms with Gasteiger partial charge in [-0.25, -0.2) is 5.10 Å². The molecule has 2 heterocycles. The van der Waals surface area contributed by atoms with Gasteiger partial charge in [0.05, 0.1) is 5.69 Å². The van der Waals surface area contributed by atoms with Crippen molar-refractivity contribution in [1.82, 2.24) is 10.2 Å². The van der Waals surface area contributed by atoms with Gasteiger partial charge in [0.1, 0.15) is 12.3 Å². The van der Waals surface area contributed by atoms with Crippen LogP contribution in [0.3, 0.4) is 0 Å². The van der Waals surface area contributed by atoms with Crippen molar-refractivity contribution < 1.29 is 13.9 Å². The number of aromatic amines is 1. The van der Waals surface area contributed by atoms with Crippen LogP contribution in [-0.4, -0.2) is 22.7 Å². The average Bonchev–Trinajstić information content (AvgIpc) is 2.79. The Balaban J connectivity index is 1.98. The Hall–Kier alpha value is -2.15. The van der Waals surface area contributed by atoms with Crippen molar-refractivity contribution >= 4 is 23.8 Å². The number of H-pyrrole nitrogens is 1. The van der Waals surface area contributed by atoms with Crippen molar-refractivity contribution in [2.45, 2.75) is 13.5 Å². The van der Waals surface area contributed by atoms with Gasteiger partial charge in [0.25, 0.3) is 10.7 Å². The lowest BCUT2D eigenvalue weighted by Crippen LogP contribution is -2.38. The Kier molecular flexibility index (Phi) is 2.83. The van der Waals surface area contributed by atoms with E-state index in [1.165, 1.54) is 0 Å². The van der Waals surface area contributed by atoms with E-state index in [4.69, 9.17) is 21.4 Å². The first-order valence-electron chi connectivity index (χ1n) is 5.72. The van der Waals surface area contributed by atoms with Crippen molar-refractivity contribution in [3.63, 3.8) is 0 Å². The van der Waals surface area contributed by atoms with Crippen molar-refractivity contribution in [2.24, 2.45) is 0 Å². The molecule has 3 rings (SSSR count). The van der Waals surface area contributed by atoms with Crippen LogP contribution in [0.2, 0.25) is 0 Å². The number of anilines is 1. The molecule has 0 radical (unpaired) electrons. The van der Waals surface area contributed by atoms with Crippen LogP contribution in [0.4, 0.5) is 5.69 Å². The van der Waals surface area contributed by atoms with Gasteiger partial charge in [-0.3, -0.25) is 9.69 Å². The Morgan fingerprint density at radius 3 is 3.11 bits per heavy atom. The van der Waals surface area contributed by atoms with Crippen LogP contribution in [-0.2, 0) is 11.3 Å². The van der Waals surface area contributed by atoms with E-state index in [-0.39, 0.29) is 23.9 Å². The van der Waals surface area contributed by atoms with Crippen molar-refractivity contribution in [3.05, 3.63) is 34.5 Å². The Labute approximate surface area is 114 Å². The quantitative estimate of drug-likeness (QED) is 0.850. The van der Waals surface area contributed by atoms with Crippen LogP contribution in [0, 0.1) is 11.8 Å². The van der Waals surface area contributed by atoms with Gasteiger partial charge in [0.15, 0.2) is 6.61 Å². The minimum Gasteiger partial charge on any atom is -0.482 e. The zero-order chi connectivity index (χ0) is 13.4. The highest BCUT2D eigenvalue weighted by molar-refractivity contribution is 7.71. The first kappa shape index (κ1) is 11.9. The molecule has 0 aliphatic carbocycles. The molecule has 0 saturated heterocycles. The Morgan fingerprint density at radius 1 is 1.53 bits per heavy atom. The third-order valence-corrected chi connectivity index (χ3v) is 3.01. The highest BCUT2D eigenvalue weighted by Crippen LogP contribution is 2.33. The fourth-order valence-electron chi connectivity index (χ4n) is 1.95. The van der Waals surface area contributed by atoms with Gasteiger partial charge in [0, 0.05) is 0 Å². The summed E-state index contributed by atoms with van der Waals surface area (Å²) in [5, 5.41) is 6.45. The predicted octanol–water partition coefficient (Wildman–Crippen LogP) is 1.97. The molecule has 98 valence electrons. The van der Waals surface area contributed by atoms with Gasteiger partial charge < -0.3 is 9.15 Å². The van der Waals surface area contributed by atoms with E-state index in [9.17, 15) is 4.79 Å². The summed E-state index contributed by atoms with van der Waals surface area (Å²) in [5.41, 5.74) is 1.77. The standard InChI is InChI=1S/C12H11N3O3S/c1-7-2-3-9-8(4-7)15(11(16)6-17-9)5-10-13-14-12(19)18-10/h2-4H,5-6H2,1H3,(H,14,19). The second kappa shape index (κ2) is 4.51. The van der Waals surface area contributed by atoms with Crippen molar-refractivity contribution in [3.8, 4) is 5.75 Å². The van der Waals surface area contributed by atoms with Crippen LogP contribution in [0.5, 0.6) is 5.75 Å². The molecule has 1 aliphatic heterocycles. The monoisotopic (exact) mass is 277 g/mol. The highest BCUT2D eigenvalue weighted by Gasteiger charge is 2.26. The number of fused-ring (bicyclic) bond motifs is 1. The van der Waals surface area contributed by atoms with Gasteiger partial charge in [-0.05, 0) is 36.8 Å². The van der Waals surface area contributed by atoms with E-state index in [1.807, 2.05) is 25.1 Å². The summed E-state index contributed by atoms with van der Waals surface area (Å²) in [6.45, 7) is 2.20. The number of nitrogens with one attached hydrogen (secondary N) is 1. The van der Waals surface area contributed by atoms with Gasteiger partial charge in [-0.1, -0.05) is 6.07 Å². The highest BCUT2D eigenvalue weighted by atomic mass is 32.1. The number of carbonyl (C=O) groups excluding carboxylic acids is 1. The largest absolute Gasteiger partial charge is 0.482 e. The summed E-state index contributed by atoms with van der Waals surface area (Å²) in [6, 6.07) is 5.69. The van der Waals surface area contributed by atoms with Crippen LogP contribution in [0.15, 0.2) is 22.6 Å². The SMILES string of the molecule is Cc1ccc2c(c1)N(Cc1n[nH]c(=S)o1)C(=O)CO2. The van der Waals surface area contributed by atoms with E-state index in [0.717, 1.165) is 11.3 Å². The lowest BCUT2D eigenvalue weighted by Gasteiger charge is -2.28. The number of aromatic nitrogens is 2. The summed E-state index contributed by atoms with van der Waals surface area (Å²) >= 11 is 4.82. The van der Waals surface area contributed by atoms with E-state index in [1.54, 1.807) is 4.90 Å². The van der Waals surface area contributed by atoms with Crippen LogP contribution >= 0.6 is 12.2 Å². The summed E-state index contributed by atoms with van der Waals surface area (Å²) in [5.74, 6) is 0.911. The molecule has 1 aromatic heterocycles. The molecular weight excluding hydrogens is 266 g/mol. The van der Waals surface area contributed by atoms with Gasteiger partial charge in [-0.15, -0.1) is 5.10 Å². The number of rotatable bonds is 2. The van der Waals surface area contributed by atoms with Crippen molar-refractivity contribution in [2.75, 3.05) is 11.5 Å². The molecule has 0 bridgehead atoms. The maximum Gasteiger partial charge on any atom is 0.284 e. The molecule has 1 N–H and O–H groups in total. The van der Waals surface area contributed by atoms with Gasteiger partial charge in [-0.2, -0.15) is 0 Å². The molecule has 1 aromatic carbocycles. The first-order valence-corrected chi connectivity index (χ1v) is 6.12. The van der Waals surface area contributed by atoms with Crippen LogP contribution in [0.25, 0.3) is 0 Å². The summed E-state index contributed by atoms with van der Waals surface area (Å²) < 4.78 is 10.6. The summed E-state index contributed by atoms with van der Waals surface area (Å²) in [7, 11) is 0. The molecule has 0 spiro atoms. The smallest absolute Gasteiger partial charge is 0.284 e. The van der Waals surface area contributed by atoms with Gasteiger partial charge in [0.2, 0.25) is 5.89 Å². The Bertz CT molecular complexity index is 692. The van der Waals surface area contributed by atoms with Crippen LogP contribution < -0.4 is 9.64 Å². The molecule has 1 aliphatic rings. The van der Waals surface area contributed by atoms with Gasteiger partial charge >= 0.3 is 0 Å². The fraction of sp³-hybridized carbons (Fsp3) is 0.250. The molecule has 19 heavy (non-hydrogen) atoms. The number of nitrogens with zero attached hydrogens (tertiary/aromatic N) is 2. The third-order valence-electron chi connectivity index (χ3n) is 2.83. The summed E-state index contributed by atoms with van der Waals surface area (Å²) in [4.78, 5) is 13.8. The summed E-state index contributed by atoms with van der Waals surface area (Å²) in [6.07, 6.45) is 0. The molecule has 7 heteroatoms. The second-order valence-electron chi connectivity index (χ2n) is 4.25. The number of benzene rings is 1. The number of hydrogen-bond donors (Lipinski definition) is 1. The number of carbonyl (C=O) groups is 1. The molecule has 0 saturated carbocycles. The lowest BCUT2D eigenvalue weighted by molar-refractivity contribution is -0.121. The normalized spacial score (nSPS) is 14.2. The molecule has 0 atom stereocenters. The Morgan fingerprint density at radius 2 is 2.37 bits per heavy atom. The van der Waals surface area contributed by atoms with E-state index >= 15 is 0 Å². The third kappa shape index (κ3) is 2.24. The topological polar surface area (TPSA) is 71.4 Å². The molecule has 6 nitrogen and oxygen atoms in total. The number of amides is 1. The van der Waals surface area contributed by atoms with Crippen LogP contribution in [0.1, 0.15) is 11.5 Å². The predicted molar refractivity (Wildman–Crippen MR) is 69.6 cm³/mol. The fourth-order valence-corrected chi connectivity index (χ4v) is 2.09. The molecule has 2 aromatic rings. The zero-order valence-electron chi connectivity index (χ0n) is 10.2. The second-order valence-corrected chi connectivity index (χ2v) is 4.62.